The lowest BCUT2D eigenvalue weighted by molar-refractivity contribution is -0.131. The maximum atomic E-state index is 11.8. The molecule has 0 spiro atoms. The number of carbonyl (C=O) groups excluding carboxylic acids is 2. The van der Waals surface area contributed by atoms with Crippen LogP contribution in [0.3, 0.4) is 0 Å². The summed E-state index contributed by atoms with van der Waals surface area (Å²) >= 11 is 9.50. The van der Waals surface area contributed by atoms with Gasteiger partial charge in [-0.2, -0.15) is 0 Å². The molecule has 150 valence electrons. The standard InChI is InChI=1S/C20H22BrClN2O4/c1-4-14-5-6-17(16(21)9-14)28-11-19(26)24-23-18(25)10-27-15-7-12(2)20(22)13(3)8-15/h5-9H,4,10-11H2,1-3H3,(H,23,25)(H,24,26). The molecule has 0 bridgehead atoms. The molecule has 28 heavy (non-hydrogen) atoms. The summed E-state index contributed by atoms with van der Waals surface area (Å²) < 4.78 is 11.6. The molecule has 2 aromatic rings. The molecule has 2 N–H and O–H groups in total. The molecule has 0 aliphatic heterocycles. The molecule has 8 heteroatoms. The second-order valence-corrected chi connectivity index (χ2v) is 7.40. The first-order chi connectivity index (χ1) is 13.3. The fourth-order valence-corrected chi connectivity index (χ4v) is 3.02. The third kappa shape index (κ3) is 6.42. The van der Waals surface area contributed by atoms with Crippen molar-refractivity contribution >= 4 is 39.3 Å². The molecule has 0 radical (unpaired) electrons. The second kappa shape index (κ2) is 10.3. The Labute approximate surface area is 177 Å². The average molecular weight is 470 g/mol. The Kier molecular flexibility index (Phi) is 8.14. The predicted octanol–water partition coefficient (Wildman–Crippen LogP) is 3.89. The smallest absolute Gasteiger partial charge is 0.276 e. The van der Waals surface area contributed by atoms with Gasteiger partial charge in [-0.05, 0) is 77.2 Å². The summed E-state index contributed by atoms with van der Waals surface area (Å²) in [6.45, 7) is 5.29. The Balaban J connectivity index is 1.74. The van der Waals surface area contributed by atoms with Gasteiger partial charge in [0.25, 0.3) is 11.8 Å². The molecular weight excluding hydrogens is 448 g/mol. The van der Waals surface area contributed by atoms with Gasteiger partial charge in [0.15, 0.2) is 13.2 Å². The first kappa shape index (κ1) is 22.0. The third-order valence-electron chi connectivity index (χ3n) is 3.88. The normalized spacial score (nSPS) is 10.3. The number of ether oxygens (including phenoxy) is 2. The number of rotatable bonds is 7. The molecule has 0 unspecified atom stereocenters. The van der Waals surface area contributed by atoms with Crippen LogP contribution in [0.5, 0.6) is 11.5 Å². The number of halogens is 2. The van der Waals surface area contributed by atoms with Gasteiger partial charge < -0.3 is 9.47 Å². The van der Waals surface area contributed by atoms with Crippen molar-refractivity contribution in [3.8, 4) is 11.5 Å². The van der Waals surface area contributed by atoms with E-state index in [0.717, 1.165) is 27.6 Å². The van der Waals surface area contributed by atoms with Crippen LogP contribution in [0.4, 0.5) is 0 Å². The molecule has 0 aliphatic carbocycles. The number of benzene rings is 2. The molecule has 2 amide bonds. The first-order valence-corrected chi connectivity index (χ1v) is 9.85. The quantitative estimate of drug-likeness (QED) is 0.603. The summed E-state index contributed by atoms with van der Waals surface area (Å²) in [5.74, 6) is 0.102. The van der Waals surface area contributed by atoms with E-state index in [0.29, 0.717) is 16.5 Å². The van der Waals surface area contributed by atoms with Gasteiger partial charge in [-0.15, -0.1) is 0 Å². The van der Waals surface area contributed by atoms with E-state index >= 15 is 0 Å². The number of hydrogen-bond donors (Lipinski definition) is 2. The summed E-state index contributed by atoms with van der Waals surface area (Å²) in [5.41, 5.74) is 7.44. The Hall–Kier alpha value is -2.25. The number of hydrazine groups is 1. The highest BCUT2D eigenvalue weighted by Crippen LogP contribution is 2.26. The van der Waals surface area contributed by atoms with E-state index in [-0.39, 0.29) is 13.2 Å². The molecule has 0 heterocycles. The molecule has 0 aliphatic rings. The summed E-state index contributed by atoms with van der Waals surface area (Å²) in [6.07, 6.45) is 0.905. The highest BCUT2D eigenvalue weighted by molar-refractivity contribution is 9.10. The van der Waals surface area contributed by atoms with E-state index in [4.69, 9.17) is 21.1 Å². The average Bonchev–Trinajstić information content (AvgIpc) is 2.67. The summed E-state index contributed by atoms with van der Waals surface area (Å²) in [5, 5.41) is 0.667. The lowest BCUT2D eigenvalue weighted by Gasteiger charge is -2.12. The molecule has 0 saturated carbocycles. The van der Waals surface area contributed by atoms with Gasteiger partial charge >= 0.3 is 0 Å². The van der Waals surface area contributed by atoms with Gasteiger partial charge in [-0.1, -0.05) is 24.6 Å². The minimum Gasteiger partial charge on any atom is -0.484 e. The van der Waals surface area contributed by atoms with Crippen LogP contribution < -0.4 is 20.3 Å². The maximum absolute atomic E-state index is 11.8. The van der Waals surface area contributed by atoms with Crippen molar-refractivity contribution in [2.75, 3.05) is 13.2 Å². The van der Waals surface area contributed by atoms with Crippen molar-refractivity contribution in [2.45, 2.75) is 27.2 Å². The first-order valence-electron chi connectivity index (χ1n) is 8.68. The molecular formula is C20H22BrClN2O4. The molecule has 6 nitrogen and oxygen atoms in total. The van der Waals surface area contributed by atoms with Crippen LogP contribution in [0.2, 0.25) is 5.02 Å². The topological polar surface area (TPSA) is 76.7 Å². The lowest BCUT2D eigenvalue weighted by Crippen LogP contribution is -2.45. The van der Waals surface area contributed by atoms with Crippen molar-refractivity contribution in [1.29, 1.82) is 0 Å². The summed E-state index contributed by atoms with van der Waals surface area (Å²) in [4.78, 5) is 23.7. The Morgan fingerprint density at radius 3 is 2.11 bits per heavy atom. The highest BCUT2D eigenvalue weighted by Gasteiger charge is 2.09. The monoisotopic (exact) mass is 468 g/mol. The minimum absolute atomic E-state index is 0.235. The van der Waals surface area contributed by atoms with Gasteiger partial charge in [0.2, 0.25) is 0 Å². The largest absolute Gasteiger partial charge is 0.484 e. The summed E-state index contributed by atoms with van der Waals surface area (Å²) in [7, 11) is 0. The molecule has 0 aromatic heterocycles. The zero-order valence-electron chi connectivity index (χ0n) is 15.9. The van der Waals surface area contributed by atoms with Crippen LogP contribution in [0.1, 0.15) is 23.6 Å². The molecule has 0 fully saturated rings. The fourth-order valence-electron chi connectivity index (χ4n) is 2.37. The van der Waals surface area contributed by atoms with Crippen molar-refractivity contribution in [1.82, 2.24) is 10.9 Å². The summed E-state index contributed by atoms with van der Waals surface area (Å²) in [6, 6.07) is 9.15. The second-order valence-electron chi connectivity index (χ2n) is 6.16. The van der Waals surface area contributed by atoms with Crippen molar-refractivity contribution < 1.29 is 19.1 Å². The number of amides is 2. The molecule has 2 aromatic carbocycles. The van der Waals surface area contributed by atoms with E-state index in [1.54, 1.807) is 18.2 Å². The zero-order chi connectivity index (χ0) is 20.7. The van der Waals surface area contributed by atoms with E-state index in [1.165, 1.54) is 0 Å². The number of hydrogen-bond acceptors (Lipinski definition) is 4. The van der Waals surface area contributed by atoms with E-state index in [2.05, 4.69) is 33.7 Å². The predicted molar refractivity (Wildman–Crippen MR) is 112 cm³/mol. The van der Waals surface area contributed by atoms with Gasteiger partial charge in [0.1, 0.15) is 11.5 Å². The van der Waals surface area contributed by atoms with Crippen molar-refractivity contribution in [3.05, 3.63) is 56.5 Å². The fraction of sp³-hybridized carbons (Fsp3) is 0.300. The van der Waals surface area contributed by atoms with Crippen LogP contribution in [0, 0.1) is 13.8 Å². The van der Waals surface area contributed by atoms with Gasteiger partial charge in [-0.3, -0.25) is 20.4 Å². The molecule has 0 saturated heterocycles. The van der Waals surface area contributed by atoms with Crippen LogP contribution in [0.25, 0.3) is 0 Å². The van der Waals surface area contributed by atoms with E-state index < -0.39 is 11.8 Å². The Bertz CT molecular complexity index is 850. The van der Waals surface area contributed by atoms with E-state index in [1.807, 2.05) is 26.0 Å². The van der Waals surface area contributed by atoms with Gasteiger partial charge in [0, 0.05) is 5.02 Å². The Morgan fingerprint density at radius 1 is 1.00 bits per heavy atom. The lowest BCUT2D eigenvalue weighted by atomic mass is 10.1. The van der Waals surface area contributed by atoms with Crippen LogP contribution in [-0.4, -0.2) is 25.0 Å². The number of carbonyl (C=O) groups is 2. The van der Waals surface area contributed by atoms with Gasteiger partial charge in [0.05, 0.1) is 4.47 Å². The Morgan fingerprint density at radius 2 is 1.57 bits per heavy atom. The maximum Gasteiger partial charge on any atom is 0.276 e. The van der Waals surface area contributed by atoms with Crippen molar-refractivity contribution in [2.24, 2.45) is 0 Å². The van der Waals surface area contributed by atoms with Crippen LogP contribution >= 0.6 is 27.5 Å². The third-order valence-corrected chi connectivity index (χ3v) is 5.10. The van der Waals surface area contributed by atoms with E-state index in [9.17, 15) is 9.59 Å². The number of aryl methyl sites for hydroxylation is 3. The number of nitrogens with one attached hydrogen (secondary N) is 2. The van der Waals surface area contributed by atoms with Crippen molar-refractivity contribution in [3.63, 3.8) is 0 Å². The minimum atomic E-state index is -0.493. The molecule has 0 atom stereocenters. The zero-order valence-corrected chi connectivity index (χ0v) is 18.2. The van der Waals surface area contributed by atoms with Gasteiger partial charge in [-0.25, -0.2) is 0 Å². The SMILES string of the molecule is CCc1ccc(OCC(=O)NNC(=O)COc2cc(C)c(Cl)c(C)c2)c(Br)c1. The molecule has 2 rings (SSSR count). The van der Waals surface area contributed by atoms with Crippen LogP contribution in [0.15, 0.2) is 34.8 Å². The highest BCUT2D eigenvalue weighted by atomic mass is 79.9. The van der Waals surface area contributed by atoms with Crippen LogP contribution in [-0.2, 0) is 16.0 Å².